The lowest BCUT2D eigenvalue weighted by Gasteiger charge is -2.40. The summed E-state index contributed by atoms with van der Waals surface area (Å²) in [5, 5.41) is 9.29. The minimum Gasteiger partial charge on any atom is -0.463 e. The van der Waals surface area contributed by atoms with E-state index in [2.05, 4.69) is 17.2 Å². The third kappa shape index (κ3) is 6.65. The van der Waals surface area contributed by atoms with E-state index in [1.807, 2.05) is 21.7 Å². The molecule has 1 aromatic carbocycles. The van der Waals surface area contributed by atoms with Gasteiger partial charge in [0.25, 0.3) is 0 Å². The Kier molecular flexibility index (Phi) is 9.15. The summed E-state index contributed by atoms with van der Waals surface area (Å²) in [6, 6.07) is 4.68. The second kappa shape index (κ2) is 12.6. The van der Waals surface area contributed by atoms with Crippen LogP contribution in [0.15, 0.2) is 65.0 Å². The predicted molar refractivity (Wildman–Crippen MR) is 145 cm³/mol. The molecule has 2 aliphatic rings. The summed E-state index contributed by atoms with van der Waals surface area (Å²) in [6.45, 7) is 7.69. The van der Waals surface area contributed by atoms with Gasteiger partial charge in [0.05, 0.1) is 23.8 Å². The molecular weight excluding hydrogens is 547 g/mol. The highest BCUT2D eigenvalue weighted by atomic mass is 32.1. The average Bonchev–Trinajstić information content (AvgIpc) is 3.46. The second-order valence-corrected chi connectivity index (χ2v) is 9.97. The summed E-state index contributed by atoms with van der Waals surface area (Å²) < 4.78 is 43.8. The van der Waals surface area contributed by atoms with Crippen molar-refractivity contribution in [2.75, 3.05) is 51.2 Å². The van der Waals surface area contributed by atoms with E-state index in [1.54, 1.807) is 17.9 Å². The number of nitrogens with zero attached hydrogens (tertiary/aromatic N) is 3. The monoisotopic (exact) mass is 577 g/mol. The molecule has 0 aliphatic carbocycles. The van der Waals surface area contributed by atoms with Crippen LogP contribution in [-0.4, -0.2) is 78.6 Å². The van der Waals surface area contributed by atoms with E-state index in [4.69, 9.17) is 4.74 Å². The Balaban J connectivity index is 1.48. The Morgan fingerprint density at radius 3 is 2.45 bits per heavy atom. The van der Waals surface area contributed by atoms with Gasteiger partial charge in [-0.2, -0.15) is 24.5 Å². The van der Waals surface area contributed by atoms with Gasteiger partial charge < -0.3 is 20.3 Å². The van der Waals surface area contributed by atoms with Crippen molar-refractivity contribution in [1.82, 2.24) is 20.0 Å². The van der Waals surface area contributed by atoms with E-state index in [0.29, 0.717) is 37.4 Å². The molecule has 2 N–H and O–H groups in total. The smallest absolute Gasteiger partial charge is 0.416 e. The Morgan fingerprint density at radius 1 is 1.18 bits per heavy atom. The van der Waals surface area contributed by atoms with Crippen molar-refractivity contribution >= 4 is 35.1 Å². The molecule has 4 amide bonds. The quantitative estimate of drug-likeness (QED) is 0.351. The molecule has 214 valence electrons. The summed E-state index contributed by atoms with van der Waals surface area (Å²) in [4.78, 5) is 44.1. The second-order valence-electron chi connectivity index (χ2n) is 9.19. The number of nitrogens with one attached hydrogen (secondary N) is 2. The summed E-state index contributed by atoms with van der Waals surface area (Å²) in [7, 11) is 0. The Morgan fingerprint density at radius 2 is 1.88 bits per heavy atom. The van der Waals surface area contributed by atoms with Gasteiger partial charge in [-0.1, -0.05) is 6.08 Å². The zero-order chi connectivity index (χ0) is 28.9. The van der Waals surface area contributed by atoms with E-state index < -0.39 is 29.8 Å². The topological polar surface area (TPSA) is 94.2 Å². The Hall–Kier alpha value is -3.84. The van der Waals surface area contributed by atoms with Gasteiger partial charge in [0.1, 0.15) is 0 Å². The molecule has 9 nitrogen and oxygen atoms in total. The highest BCUT2D eigenvalue weighted by molar-refractivity contribution is 7.08. The maximum Gasteiger partial charge on any atom is 0.416 e. The number of esters is 1. The SMILES string of the molecule is C=CCN1C(=O)NC(c2ccsc2)C(C(=O)OCC)=C1CN1CCN(C(=O)Nc2ccc(C(F)(F)F)cc2)CC1. The fourth-order valence-electron chi connectivity index (χ4n) is 4.60. The Labute approximate surface area is 233 Å². The van der Waals surface area contributed by atoms with Crippen LogP contribution in [0.1, 0.15) is 24.1 Å². The number of halogens is 3. The fraction of sp³-hybridized carbons (Fsp3) is 0.370. The van der Waals surface area contributed by atoms with Crippen LogP contribution in [0.25, 0.3) is 0 Å². The molecule has 0 bridgehead atoms. The van der Waals surface area contributed by atoms with Crippen LogP contribution in [0, 0.1) is 0 Å². The van der Waals surface area contributed by atoms with Crippen LogP contribution in [0.3, 0.4) is 0 Å². The first-order valence-electron chi connectivity index (χ1n) is 12.7. The highest BCUT2D eigenvalue weighted by Gasteiger charge is 2.39. The number of alkyl halides is 3. The molecule has 2 aromatic rings. The zero-order valence-electron chi connectivity index (χ0n) is 21.9. The predicted octanol–water partition coefficient (Wildman–Crippen LogP) is 4.69. The van der Waals surface area contributed by atoms with Gasteiger partial charge >= 0.3 is 24.2 Å². The number of anilines is 1. The first-order chi connectivity index (χ1) is 19.1. The van der Waals surface area contributed by atoms with E-state index >= 15 is 0 Å². The summed E-state index contributed by atoms with van der Waals surface area (Å²) in [5.74, 6) is -0.516. The molecule has 13 heteroatoms. The number of ether oxygens (including phenoxy) is 1. The number of carbonyl (C=O) groups is 3. The molecular formula is C27H30F3N5O4S. The minimum absolute atomic E-state index is 0.175. The normalized spacial score (nSPS) is 18.4. The lowest BCUT2D eigenvalue weighted by atomic mass is 9.96. The third-order valence-electron chi connectivity index (χ3n) is 6.62. The van der Waals surface area contributed by atoms with Gasteiger partial charge in [-0.05, 0) is 53.6 Å². The third-order valence-corrected chi connectivity index (χ3v) is 7.32. The van der Waals surface area contributed by atoms with Crippen LogP contribution >= 0.6 is 11.3 Å². The van der Waals surface area contributed by atoms with Crippen molar-refractivity contribution < 1.29 is 32.3 Å². The van der Waals surface area contributed by atoms with Crippen LogP contribution in [0.4, 0.5) is 28.4 Å². The molecule has 1 aromatic heterocycles. The minimum atomic E-state index is -4.45. The molecule has 0 saturated carbocycles. The number of thiophene rings is 1. The van der Waals surface area contributed by atoms with Gasteiger partial charge in [0.15, 0.2) is 0 Å². The number of hydrogen-bond donors (Lipinski definition) is 2. The van der Waals surface area contributed by atoms with E-state index in [0.717, 1.165) is 17.7 Å². The summed E-state index contributed by atoms with van der Waals surface area (Å²) >= 11 is 1.46. The molecule has 1 fully saturated rings. The molecule has 4 rings (SSSR count). The zero-order valence-corrected chi connectivity index (χ0v) is 22.7. The van der Waals surface area contributed by atoms with Crippen molar-refractivity contribution in [3.8, 4) is 0 Å². The number of hydrogen-bond acceptors (Lipinski definition) is 6. The molecule has 40 heavy (non-hydrogen) atoms. The van der Waals surface area contributed by atoms with Crippen LogP contribution in [-0.2, 0) is 15.7 Å². The van der Waals surface area contributed by atoms with Gasteiger partial charge in [0.2, 0.25) is 0 Å². The molecule has 1 unspecified atom stereocenters. The molecule has 3 heterocycles. The summed E-state index contributed by atoms with van der Waals surface area (Å²) in [6.07, 6.45) is -2.87. The van der Waals surface area contributed by atoms with E-state index in [1.165, 1.54) is 28.4 Å². The first-order valence-corrected chi connectivity index (χ1v) is 13.6. The van der Waals surface area contributed by atoms with Gasteiger partial charge in [-0.3, -0.25) is 9.80 Å². The summed E-state index contributed by atoms with van der Waals surface area (Å²) in [5.41, 5.74) is 1.11. The number of carbonyl (C=O) groups excluding carboxylic acids is 3. The van der Waals surface area contributed by atoms with Crippen molar-refractivity contribution in [2.45, 2.75) is 19.1 Å². The van der Waals surface area contributed by atoms with Crippen molar-refractivity contribution in [1.29, 1.82) is 0 Å². The number of benzene rings is 1. The van der Waals surface area contributed by atoms with Gasteiger partial charge in [-0.25, -0.2) is 14.4 Å². The van der Waals surface area contributed by atoms with Crippen LogP contribution in [0.5, 0.6) is 0 Å². The van der Waals surface area contributed by atoms with Crippen LogP contribution in [0.2, 0.25) is 0 Å². The average molecular weight is 578 g/mol. The maximum atomic E-state index is 13.2. The van der Waals surface area contributed by atoms with Crippen molar-refractivity contribution in [3.63, 3.8) is 0 Å². The molecule has 0 spiro atoms. The largest absolute Gasteiger partial charge is 0.463 e. The Bertz CT molecular complexity index is 1260. The van der Waals surface area contributed by atoms with E-state index in [9.17, 15) is 27.6 Å². The van der Waals surface area contributed by atoms with Crippen molar-refractivity contribution in [3.05, 3.63) is 76.1 Å². The number of urea groups is 2. The first kappa shape index (κ1) is 29.2. The molecule has 1 saturated heterocycles. The van der Waals surface area contributed by atoms with Gasteiger partial charge in [0, 0.05) is 50.7 Å². The number of amides is 4. The molecule has 1 atom stereocenters. The fourth-order valence-corrected chi connectivity index (χ4v) is 5.29. The maximum absolute atomic E-state index is 13.2. The number of piperazine rings is 1. The lowest BCUT2D eigenvalue weighted by molar-refractivity contribution is -0.139. The van der Waals surface area contributed by atoms with Crippen molar-refractivity contribution in [2.24, 2.45) is 0 Å². The number of rotatable bonds is 8. The molecule has 2 aliphatic heterocycles. The standard InChI is InChI=1S/C27H30F3N5O4S/c1-3-10-35-21(22(24(36)39-4-2)23(32-26(35)38)18-9-15-40-17-18)16-33-11-13-34(14-12-33)25(37)31-20-7-5-19(6-8-20)27(28,29)30/h3,5-9,15,17,23H,1,4,10-14,16H2,2H3,(H,31,37)(H,32,38). The van der Waals surface area contributed by atoms with Gasteiger partial charge in [-0.15, -0.1) is 6.58 Å². The van der Waals surface area contributed by atoms with E-state index in [-0.39, 0.29) is 31.4 Å². The van der Waals surface area contributed by atoms with Crippen LogP contribution < -0.4 is 10.6 Å². The molecule has 0 radical (unpaired) electrons. The highest BCUT2D eigenvalue weighted by Crippen LogP contribution is 2.33. The lowest BCUT2D eigenvalue weighted by Crippen LogP contribution is -2.54.